The molecule has 3 N–H and O–H groups in total. The van der Waals surface area contributed by atoms with Gasteiger partial charge >= 0.3 is 12.1 Å². The molecule has 2 rings (SSSR count). The van der Waals surface area contributed by atoms with Crippen LogP contribution in [0.4, 0.5) is 4.79 Å². The van der Waals surface area contributed by atoms with Gasteiger partial charge in [0.1, 0.15) is 29.3 Å². The summed E-state index contributed by atoms with van der Waals surface area (Å²) in [7, 11) is 0. The van der Waals surface area contributed by atoms with Crippen LogP contribution in [0.25, 0.3) is 0 Å². The van der Waals surface area contributed by atoms with Crippen molar-refractivity contribution in [1.82, 2.24) is 15.5 Å². The summed E-state index contributed by atoms with van der Waals surface area (Å²) in [5.41, 5.74) is 0.471. The Morgan fingerprint density at radius 2 is 1.36 bits per heavy atom. The Bertz CT molecular complexity index is 1330. The third kappa shape index (κ3) is 13.0. The van der Waals surface area contributed by atoms with Crippen LogP contribution in [0.1, 0.15) is 97.9 Å². The maximum Gasteiger partial charge on any atom is 0.408 e. The van der Waals surface area contributed by atoms with Crippen LogP contribution in [0, 0.1) is 12.8 Å². The highest BCUT2D eigenvalue weighted by atomic mass is 16.6. The smallest absolute Gasteiger partial charge is 0.408 e. The lowest BCUT2D eigenvalue weighted by atomic mass is 9.94. The molecule has 260 valence electrons. The molecule has 10 nitrogen and oxygen atoms in total. The first-order valence-electron chi connectivity index (χ1n) is 16.4. The molecule has 0 fully saturated rings. The lowest BCUT2D eigenvalue weighted by molar-refractivity contribution is -0.159. The van der Waals surface area contributed by atoms with E-state index < -0.39 is 65.9 Å². The van der Waals surface area contributed by atoms with Crippen molar-refractivity contribution in [2.24, 2.45) is 5.92 Å². The number of hydrogen-bond acceptors (Lipinski definition) is 7. The number of rotatable bonds is 14. The first-order chi connectivity index (χ1) is 21.8. The van der Waals surface area contributed by atoms with E-state index in [1.165, 1.54) is 4.90 Å². The molecule has 2 aromatic rings. The van der Waals surface area contributed by atoms with Crippen LogP contribution < -0.4 is 10.6 Å². The quantitative estimate of drug-likeness (QED) is 0.225. The number of hydrogen-bond donors (Lipinski definition) is 3. The van der Waals surface area contributed by atoms with Crippen LogP contribution in [0.15, 0.2) is 54.6 Å². The van der Waals surface area contributed by atoms with E-state index in [0.717, 1.165) is 17.5 Å². The van der Waals surface area contributed by atoms with E-state index in [2.05, 4.69) is 24.5 Å². The van der Waals surface area contributed by atoms with Crippen molar-refractivity contribution in [3.05, 3.63) is 71.3 Å². The number of aliphatic hydroxyl groups is 1. The number of esters is 1. The van der Waals surface area contributed by atoms with Crippen LogP contribution >= 0.6 is 0 Å². The minimum Gasteiger partial charge on any atom is -0.458 e. The zero-order valence-electron chi connectivity index (χ0n) is 29.8. The number of amides is 3. The van der Waals surface area contributed by atoms with E-state index in [-0.39, 0.29) is 6.42 Å². The molecule has 3 amide bonds. The molecule has 10 heteroatoms. The molecule has 0 heterocycles. The molecule has 0 aromatic heterocycles. The predicted molar refractivity (Wildman–Crippen MR) is 182 cm³/mol. The number of nitrogens with one attached hydrogen (secondary N) is 2. The Hall–Kier alpha value is -3.92. The van der Waals surface area contributed by atoms with E-state index in [9.17, 15) is 24.3 Å². The number of carbonyl (C=O) groups is 4. The van der Waals surface area contributed by atoms with Gasteiger partial charge in [0, 0.05) is 12.5 Å². The number of aliphatic hydroxyl groups excluding tert-OH is 1. The van der Waals surface area contributed by atoms with Crippen LogP contribution in [0.3, 0.4) is 0 Å². The second kappa shape index (κ2) is 17.3. The van der Waals surface area contributed by atoms with Crippen molar-refractivity contribution in [3.8, 4) is 0 Å². The van der Waals surface area contributed by atoms with Crippen LogP contribution in [-0.4, -0.2) is 69.8 Å². The lowest BCUT2D eigenvalue weighted by Crippen LogP contribution is -2.58. The van der Waals surface area contributed by atoms with Gasteiger partial charge in [-0.05, 0) is 90.8 Å². The normalized spacial score (nSPS) is 14.4. The summed E-state index contributed by atoms with van der Waals surface area (Å²) < 4.78 is 11.1. The summed E-state index contributed by atoms with van der Waals surface area (Å²) in [6, 6.07) is 12.4. The number of aryl methyl sites for hydroxylation is 1. The van der Waals surface area contributed by atoms with Crippen LogP contribution in [-0.2, 0) is 30.3 Å². The second-order valence-electron chi connectivity index (χ2n) is 14.5. The molecule has 0 aliphatic rings. The lowest BCUT2D eigenvalue weighted by Gasteiger charge is -2.39. The largest absolute Gasteiger partial charge is 0.458 e. The standard InChI is InChI=1S/C37H55N3O7/c1-24(2)20-21-26(4)40(33(43)30(23-41)39-35(45)47-37(8,9)10)31(28-19-15-14-16-25(28)3)32(42)38-29(34(44)46-36(5,6)7)22-27-17-12-11-13-18-27/h11-19,24,26,29-31,41H,20-23H2,1-10H3,(H,38,42)(H,39,45). The molecule has 0 spiro atoms. The molecule has 4 unspecified atom stereocenters. The summed E-state index contributed by atoms with van der Waals surface area (Å²) >= 11 is 0. The van der Waals surface area contributed by atoms with Gasteiger partial charge in [-0.25, -0.2) is 9.59 Å². The summed E-state index contributed by atoms with van der Waals surface area (Å²) in [4.78, 5) is 56.7. The molecular formula is C37H55N3O7. The highest BCUT2D eigenvalue weighted by molar-refractivity contribution is 5.94. The third-order valence-corrected chi connectivity index (χ3v) is 7.36. The molecule has 47 heavy (non-hydrogen) atoms. The van der Waals surface area contributed by atoms with Gasteiger partial charge < -0.3 is 30.1 Å². The van der Waals surface area contributed by atoms with Gasteiger partial charge in [0.15, 0.2) is 0 Å². The zero-order valence-corrected chi connectivity index (χ0v) is 29.8. The van der Waals surface area contributed by atoms with E-state index in [4.69, 9.17) is 9.47 Å². The molecule has 0 saturated heterocycles. The Balaban J connectivity index is 2.66. The fourth-order valence-corrected chi connectivity index (χ4v) is 5.11. The first kappa shape index (κ1) is 39.3. The van der Waals surface area contributed by atoms with Gasteiger partial charge in [-0.15, -0.1) is 0 Å². The predicted octanol–water partition coefficient (Wildman–Crippen LogP) is 5.64. The van der Waals surface area contributed by atoms with Crippen molar-refractivity contribution in [2.75, 3.05) is 6.61 Å². The highest BCUT2D eigenvalue weighted by Gasteiger charge is 2.41. The van der Waals surface area contributed by atoms with Crippen molar-refractivity contribution >= 4 is 23.9 Å². The van der Waals surface area contributed by atoms with Crippen molar-refractivity contribution in [1.29, 1.82) is 0 Å². The van der Waals surface area contributed by atoms with Gasteiger partial charge in [-0.3, -0.25) is 9.59 Å². The summed E-state index contributed by atoms with van der Waals surface area (Å²) in [5.74, 6) is -1.54. The van der Waals surface area contributed by atoms with Gasteiger partial charge in [0.2, 0.25) is 11.8 Å². The van der Waals surface area contributed by atoms with Gasteiger partial charge in [-0.1, -0.05) is 68.4 Å². The minimum absolute atomic E-state index is 0.165. The van der Waals surface area contributed by atoms with Crippen molar-refractivity contribution < 1.29 is 33.8 Å². The first-order valence-corrected chi connectivity index (χ1v) is 16.4. The number of ether oxygens (including phenoxy) is 2. The molecule has 2 aromatic carbocycles. The molecule has 0 radical (unpaired) electrons. The molecule has 0 aliphatic heterocycles. The SMILES string of the molecule is Cc1ccccc1C(C(=O)NC(Cc1ccccc1)C(=O)OC(C)(C)C)N(C(=O)C(CO)NC(=O)OC(C)(C)C)C(C)CCC(C)C. The summed E-state index contributed by atoms with van der Waals surface area (Å²) in [6.07, 6.45) is 0.594. The fraction of sp³-hybridized carbons (Fsp3) is 0.568. The Kier molecular flexibility index (Phi) is 14.4. The highest BCUT2D eigenvalue weighted by Crippen LogP contribution is 2.30. The topological polar surface area (TPSA) is 134 Å². The molecule has 0 saturated carbocycles. The summed E-state index contributed by atoms with van der Waals surface area (Å²) in [6.45, 7) is 17.4. The molecule has 0 aliphatic carbocycles. The number of nitrogens with zero attached hydrogens (tertiary/aromatic N) is 1. The van der Waals surface area contributed by atoms with Crippen LogP contribution in [0.5, 0.6) is 0 Å². The van der Waals surface area contributed by atoms with Gasteiger partial charge in [-0.2, -0.15) is 0 Å². The fourth-order valence-electron chi connectivity index (χ4n) is 5.11. The molecule has 4 atom stereocenters. The maximum absolute atomic E-state index is 14.6. The minimum atomic E-state index is -1.39. The van der Waals surface area contributed by atoms with Crippen molar-refractivity contribution in [3.63, 3.8) is 0 Å². The van der Waals surface area contributed by atoms with Gasteiger partial charge in [0.05, 0.1) is 6.61 Å². The summed E-state index contributed by atoms with van der Waals surface area (Å²) in [5, 5.41) is 15.8. The van der Waals surface area contributed by atoms with E-state index in [1.54, 1.807) is 53.7 Å². The average molecular weight is 654 g/mol. The van der Waals surface area contributed by atoms with E-state index in [0.29, 0.717) is 17.9 Å². The maximum atomic E-state index is 14.6. The second-order valence-corrected chi connectivity index (χ2v) is 14.5. The van der Waals surface area contributed by atoms with Crippen LogP contribution in [0.2, 0.25) is 0 Å². The zero-order chi connectivity index (χ0) is 35.5. The van der Waals surface area contributed by atoms with Gasteiger partial charge in [0.25, 0.3) is 0 Å². The molecular weight excluding hydrogens is 598 g/mol. The Labute approximate surface area is 280 Å². The van der Waals surface area contributed by atoms with E-state index >= 15 is 0 Å². The number of benzene rings is 2. The Morgan fingerprint density at radius 3 is 1.89 bits per heavy atom. The monoisotopic (exact) mass is 653 g/mol. The Morgan fingerprint density at radius 1 is 0.787 bits per heavy atom. The van der Waals surface area contributed by atoms with Crippen molar-refractivity contribution in [2.45, 2.75) is 124 Å². The number of carbonyl (C=O) groups excluding carboxylic acids is 4. The third-order valence-electron chi connectivity index (χ3n) is 7.36. The van der Waals surface area contributed by atoms with E-state index in [1.807, 2.05) is 56.3 Å². The average Bonchev–Trinajstić information content (AvgIpc) is 2.96. The molecule has 0 bridgehead atoms. The number of alkyl carbamates (subject to hydrolysis) is 1.